The van der Waals surface area contributed by atoms with Crippen molar-refractivity contribution in [1.29, 1.82) is 0 Å². The molecule has 0 radical (unpaired) electrons. The summed E-state index contributed by atoms with van der Waals surface area (Å²) in [6, 6.07) is 4.07. The number of nitrogens with one attached hydrogen (secondary N) is 1. The average molecular weight is 362 g/mol. The van der Waals surface area contributed by atoms with Crippen molar-refractivity contribution >= 4 is 34.7 Å². The van der Waals surface area contributed by atoms with E-state index in [1.165, 1.54) is 4.88 Å². The highest BCUT2D eigenvalue weighted by atomic mass is 35.5. The molecule has 1 aliphatic rings. The van der Waals surface area contributed by atoms with Gasteiger partial charge in [-0.25, -0.2) is 4.68 Å². The Morgan fingerprint density at radius 3 is 3.00 bits per heavy atom. The molecule has 0 aromatic carbocycles. The van der Waals surface area contributed by atoms with E-state index in [0.717, 1.165) is 22.6 Å². The van der Waals surface area contributed by atoms with Gasteiger partial charge in [0.2, 0.25) is 5.91 Å². The molecule has 0 fully saturated rings. The molecule has 0 aliphatic carbocycles. The van der Waals surface area contributed by atoms with Crippen LogP contribution in [0.5, 0.6) is 0 Å². The molecule has 0 bridgehead atoms. The van der Waals surface area contributed by atoms with Gasteiger partial charge in [0.15, 0.2) is 0 Å². The first-order valence-corrected chi connectivity index (χ1v) is 8.87. The van der Waals surface area contributed by atoms with Crippen molar-refractivity contribution < 1.29 is 4.79 Å². The first-order valence-electron chi connectivity index (χ1n) is 7.61. The molecule has 1 N–H and O–H groups in total. The Balaban J connectivity index is 1.78. The molecular formula is C16H16ClN5OS. The standard InChI is InChI=1S/C16H16ClN5OS/c1-9-14(15(17)21(2)20-9)11-6-13(23)19-16-12(11)7-18-22(16)8-10-4-3-5-24-10/h3-5,7,11H,6,8H2,1-2H3,(H,19,23)/t11-/m1/s1. The van der Waals surface area contributed by atoms with Crippen LogP contribution in [0.3, 0.4) is 0 Å². The van der Waals surface area contributed by atoms with Crippen LogP contribution in [0.2, 0.25) is 5.15 Å². The zero-order chi connectivity index (χ0) is 16.8. The zero-order valence-corrected chi connectivity index (χ0v) is 14.9. The van der Waals surface area contributed by atoms with Crippen LogP contribution in [-0.4, -0.2) is 25.5 Å². The molecule has 0 saturated carbocycles. The highest BCUT2D eigenvalue weighted by Gasteiger charge is 2.33. The van der Waals surface area contributed by atoms with Crippen LogP contribution >= 0.6 is 22.9 Å². The van der Waals surface area contributed by atoms with Gasteiger partial charge >= 0.3 is 0 Å². The number of fused-ring (bicyclic) bond motifs is 1. The zero-order valence-electron chi connectivity index (χ0n) is 13.3. The molecule has 24 heavy (non-hydrogen) atoms. The molecule has 1 atom stereocenters. The highest BCUT2D eigenvalue weighted by molar-refractivity contribution is 7.09. The van der Waals surface area contributed by atoms with Crippen molar-refractivity contribution in [3.05, 3.63) is 50.6 Å². The molecule has 3 aromatic heterocycles. The molecule has 1 aliphatic heterocycles. The lowest BCUT2D eigenvalue weighted by Crippen LogP contribution is -2.25. The lowest BCUT2D eigenvalue weighted by molar-refractivity contribution is -0.116. The minimum atomic E-state index is -0.118. The molecule has 4 rings (SSSR count). The van der Waals surface area contributed by atoms with Crippen LogP contribution in [0.15, 0.2) is 23.7 Å². The lowest BCUT2D eigenvalue weighted by atomic mass is 9.87. The summed E-state index contributed by atoms with van der Waals surface area (Å²) in [5.74, 6) is 0.607. The topological polar surface area (TPSA) is 64.7 Å². The van der Waals surface area contributed by atoms with Gasteiger partial charge < -0.3 is 5.32 Å². The van der Waals surface area contributed by atoms with Gasteiger partial charge in [-0.3, -0.25) is 9.48 Å². The smallest absolute Gasteiger partial charge is 0.226 e. The van der Waals surface area contributed by atoms with Crippen LogP contribution in [0.1, 0.15) is 34.0 Å². The van der Waals surface area contributed by atoms with E-state index in [2.05, 4.69) is 21.6 Å². The number of carbonyl (C=O) groups excluding carboxylic acids is 1. The van der Waals surface area contributed by atoms with Crippen molar-refractivity contribution in [3.63, 3.8) is 0 Å². The number of carbonyl (C=O) groups is 1. The number of anilines is 1. The number of hydrogen-bond acceptors (Lipinski definition) is 4. The fraction of sp³-hybridized carbons (Fsp3) is 0.312. The molecule has 0 unspecified atom stereocenters. The van der Waals surface area contributed by atoms with Crippen LogP contribution < -0.4 is 5.32 Å². The van der Waals surface area contributed by atoms with Crippen molar-refractivity contribution in [2.24, 2.45) is 7.05 Å². The third-order valence-electron chi connectivity index (χ3n) is 4.32. The molecule has 124 valence electrons. The molecule has 0 saturated heterocycles. The quantitative estimate of drug-likeness (QED) is 0.779. The maximum absolute atomic E-state index is 12.3. The van der Waals surface area contributed by atoms with Gasteiger partial charge in [0.25, 0.3) is 0 Å². The van der Waals surface area contributed by atoms with E-state index in [1.54, 1.807) is 16.0 Å². The number of hydrogen-bond donors (Lipinski definition) is 1. The fourth-order valence-electron chi connectivity index (χ4n) is 3.24. The Bertz CT molecular complexity index is 911. The second-order valence-electron chi connectivity index (χ2n) is 5.90. The Hall–Kier alpha value is -2.12. The Morgan fingerprint density at radius 2 is 2.33 bits per heavy atom. The van der Waals surface area contributed by atoms with E-state index < -0.39 is 0 Å². The molecule has 0 spiro atoms. The number of amides is 1. The van der Waals surface area contributed by atoms with E-state index in [0.29, 0.717) is 18.1 Å². The lowest BCUT2D eigenvalue weighted by Gasteiger charge is -2.23. The largest absolute Gasteiger partial charge is 0.311 e. The van der Waals surface area contributed by atoms with Crippen LogP contribution in [0.4, 0.5) is 5.82 Å². The predicted molar refractivity (Wildman–Crippen MR) is 93.7 cm³/mol. The first-order chi connectivity index (χ1) is 11.5. The van der Waals surface area contributed by atoms with E-state index in [-0.39, 0.29) is 11.8 Å². The van der Waals surface area contributed by atoms with Gasteiger partial charge in [-0.1, -0.05) is 17.7 Å². The van der Waals surface area contributed by atoms with Crippen molar-refractivity contribution in [2.75, 3.05) is 5.32 Å². The summed E-state index contributed by atoms with van der Waals surface area (Å²) in [5, 5.41) is 14.4. The molecule has 4 heterocycles. The van der Waals surface area contributed by atoms with Crippen molar-refractivity contribution in [1.82, 2.24) is 19.6 Å². The SMILES string of the molecule is Cc1nn(C)c(Cl)c1[C@@H]1CC(=O)Nc2c1cnn2Cc1cccs1. The van der Waals surface area contributed by atoms with E-state index in [9.17, 15) is 4.79 Å². The molecule has 8 heteroatoms. The monoisotopic (exact) mass is 361 g/mol. The predicted octanol–water partition coefficient (Wildman–Crippen LogP) is 3.16. The summed E-state index contributed by atoms with van der Waals surface area (Å²) in [6.07, 6.45) is 2.18. The van der Waals surface area contributed by atoms with Gasteiger partial charge in [0.05, 0.1) is 18.4 Å². The first kappa shape index (κ1) is 15.4. The fourth-order valence-corrected chi connectivity index (χ4v) is 4.23. The molecule has 6 nitrogen and oxygen atoms in total. The number of nitrogens with zero attached hydrogens (tertiary/aromatic N) is 4. The summed E-state index contributed by atoms with van der Waals surface area (Å²) < 4.78 is 3.49. The van der Waals surface area contributed by atoms with Crippen molar-refractivity contribution in [2.45, 2.75) is 25.8 Å². The molecule has 1 amide bonds. The normalized spacial score (nSPS) is 17.0. The summed E-state index contributed by atoms with van der Waals surface area (Å²) in [6.45, 7) is 2.56. The summed E-state index contributed by atoms with van der Waals surface area (Å²) >= 11 is 8.10. The Kier molecular flexibility index (Phi) is 3.69. The summed E-state index contributed by atoms with van der Waals surface area (Å²) in [7, 11) is 1.81. The third-order valence-corrected chi connectivity index (χ3v) is 5.63. The highest BCUT2D eigenvalue weighted by Crippen LogP contribution is 2.41. The third kappa shape index (κ3) is 2.44. The summed E-state index contributed by atoms with van der Waals surface area (Å²) in [4.78, 5) is 13.5. The molecule has 3 aromatic rings. The number of aromatic nitrogens is 4. The average Bonchev–Trinajstić information content (AvgIpc) is 3.23. The van der Waals surface area contributed by atoms with Crippen LogP contribution in [0, 0.1) is 6.92 Å². The number of rotatable bonds is 3. The second-order valence-corrected chi connectivity index (χ2v) is 7.29. The van der Waals surface area contributed by atoms with Gasteiger partial charge in [-0.2, -0.15) is 10.2 Å². The number of thiophene rings is 1. The second kappa shape index (κ2) is 5.75. The van der Waals surface area contributed by atoms with E-state index >= 15 is 0 Å². The minimum absolute atomic E-state index is 0.0280. The van der Waals surface area contributed by atoms with Gasteiger partial charge in [-0.15, -0.1) is 11.3 Å². The molecular weight excluding hydrogens is 346 g/mol. The van der Waals surface area contributed by atoms with Gasteiger partial charge in [0, 0.05) is 35.4 Å². The summed E-state index contributed by atoms with van der Waals surface area (Å²) in [5.41, 5.74) is 2.74. The van der Waals surface area contributed by atoms with E-state index in [1.807, 2.05) is 36.3 Å². The maximum Gasteiger partial charge on any atom is 0.226 e. The van der Waals surface area contributed by atoms with Gasteiger partial charge in [-0.05, 0) is 18.4 Å². The Labute approximate surface area is 148 Å². The number of aryl methyl sites for hydroxylation is 2. The van der Waals surface area contributed by atoms with Crippen molar-refractivity contribution in [3.8, 4) is 0 Å². The van der Waals surface area contributed by atoms with E-state index in [4.69, 9.17) is 11.6 Å². The number of halogens is 1. The van der Waals surface area contributed by atoms with Crippen LogP contribution in [-0.2, 0) is 18.4 Å². The maximum atomic E-state index is 12.3. The Morgan fingerprint density at radius 1 is 1.50 bits per heavy atom. The van der Waals surface area contributed by atoms with Gasteiger partial charge in [0.1, 0.15) is 11.0 Å². The minimum Gasteiger partial charge on any atom is -0.311 e. The van der Waals surface area contributed by atoms with Crippen LogP contribution in [0.25, 0.3) is 0 Å².